The zero-order valence-electron chi connectivity index (χ0n) is 12.8. The Hall–Kier alpha value is -1.72. The van der Waals surface area contributed by atoms with E-state index in [-0.39, 0.29) is 11.9 Å². The molecule has 0 saturated heterocycles. The predicted molar refractivity (Wildman–Crippen MR) is 86.1 cm³/mol. The van der Waals surface area contributed by atoms with Gasteiger partial charge in [-0.3, -0.25) is 4.79 Å². The molecule has 0 aliphatic rings. The Morgan fingerprint density at radius 2 is 1.95 bits per heavy atom. The third-order valence-corrected chi connectivity index (χ3v) is 4.78. The summed E-state index contributed by atoms with van der Waals surface area (Å²) in [4.78, 5) is 18.0. The van der Waals surface area contributed by atoms with E-state index >= 15 is 0 Å². The number of aromatic nitrogens is 1. The molecule has 21 heavy (non-hydrogen) atoms. The number of thiazole rings is 1. The van der Waals surface area contributed by atoms with Gasteiger partial charge in [0, 0.05) is 4.88 Å². The van der Waals surface area contributed by atoms with Gasteiger partial charge in [-0.2, -0.15) is 0 Å². The molecule has 0 fully saturated rings. The summed E-state index contributed by atoms with van der Waals surface area (Å²) in [5, 5.41) is 4.00. The highest BCUT2D eigenvalue weighted by atomic mass is 32.1. The van der Waals surface area contributed by atoms with Gasteiger partial charge in [-0.05, 0) is 33.3 Å². The van der Waals surface area contributed by atoms with Gasteiger partial charge < -0.3 is 11.1 Å². The second-order valence-corrected chi connectivity index (χ2v) is 6.68. The number of benzene rings is 1. The minimum atomic E-state index is -1.05. The van der Waals surface area contributed by atoms with Crippen molar-refractivity contribution in [3.63, 3.8) is 0 Å². The van der Waals surface area contributed by atoms with Crippen LogP contribution in [-0.2, 0) is 10.3 Å². The Kier molecular flexibility index (Phi) is 4.44. The van der Waals surface area contributed by atoms with Crippen molar-refractivity contribution in [2.75, 3.05) is 0 Å². The Bertz CT molecular complexity index is 634. The smallest absolute Gasteiger partial charge is 0.244 e. The summed E-state index contributed by atoms with van der Waals surface area (Å²) in [6.45, 7) is 7.61. The molecule has 0 radical (unpaired) electrons. The van der Waals surface area contributed by atoms with Crippen LogP contribution in [0, 0.1) is 13.8 Å². The summed E-state index contributed by atoms with van der Waals surface area (Å²) in [7, 11) is 0. The zero-order valence-corrected chi connectivity index (χ0v) is 13.6. The molecule has 1 amide bonds. The second-order valence-electron chi connectivity index (χ2n) is 5.45. The van der Waals surface area contributed by atoms with E-state index in [0.29, 0.717) is 0 Å². The fourth-order valence-electron chi connectivity index (χ4n) is 2.28. The van der Waals surface area contributed by atoms with E-state index in [2.05, 4.69) is 10.3 Å². The van der Waals surface area contributed by atoms with Crippen LogP contribution in [0.5, 0.6) is 0 Å². The molecular weight excluding hydrogens is 282 g/mol. The van der Waals surface area contributed by atoms with Crippen molar-refractivity contribution in [3.8, 4) is 0 Å². The molecule has 1 aromatic heterocycles. The van der Waals surface area contributed by atoms with Crippen molar-refractivity contribution in [1.29, 1.82) is 0 Å². The monoisotopic (exact) mass is 303 g/mol. The SMILES string of the molecule is Cc1nc(C)c(C(C)NC(=O)C(C)(N)c2ccccc2)s1. The van der Waals surface area contributed by atoms with Gasteiger partial charge in [-0.25, -0.2) is 4.98 Å². The summed E-state index contributed by atoms with van der Waals surface area (Å²) in [5.74, 6) is -0.188. The van der Waals surface area contributed by atoms with E-state index in [0.717, 1.165) is 21.1 Å². The number of hydrogen-bond acceptors (Lipinski definition) is 4. The van der Waals surface area contributed by atoms with Crippen LogP contribution in [0.15, 0.2) is 30.3 Å². The van der Waals surface area contributed by atoms with Crippen molar-refractivity contribution in [3.05, 3.63) is 51.5 Å². The Balaban J connectivity index is 2.16. The number of carbonyl (C=O) groups excluding carboxylic acids is 1. The molecule has 2 rings (SSSR count). The molecule has 2 aromatic rings. The van der Waals surface area contributed by atoms with Crippen molar-refractivity contribution in [2.24, 2.45) is 5.73 Å². The Labute approximate surface area is 129 Å². The molecule has 0 spiro atoms. The van der Waals surface area contributed by atoms with Crippen molar-refractivity contribution >= 4 is 17.2 Å². The van der Waals surface area contributed by atoms with Crippen LogP contribution in [-0.4, -0.2) is 10.9 Å². The molecule has 0 aliphatic heterocycles. The topological polar surface area (TPSA) is 68.0 Å². The number of hydrogen-bond donors (Lipinski definition) is 2. The van der Waals surface area contributed by atoms with Crippen LogP contribution >= 0.6 is 11.3 Å². The van der Waals surface area contributed by atoms with Gasteiger partial charge in [0.15, 0.2) is 0 Å². The van der Waals surface area contributed by atoms with E-state index < -0.39 is 5.54 Å². The van der Waals surface area contributed by atoms with Crippen molar-refractivity contribution in [2.45, 2.75) is 39.3 Å². The van der Waals surface area contributed by atoms with Crippen molar-refractivity contribution in [1.82, 2.24) is 10.3 Å². The number of carbonyl (C=O) groups is 1. The van der Waals surface area contributed by atoms with Crippen LogP contribution in [0.25, 0.3) is 0 Å². The molecule has 3 N–H and O–H groups in total. The zero-order chi connectivity index (χ0) is 15.6. The number of amides is 1. The third-order valence-electron chi connectivity index (χ3n) is 3.53. The molecule has 112 valence electrons. The molecule has 2 unspecified atom stereocenters. The Morgan fingerprint density at radius 3 is 2.48 bits per heavy atom. The van der Waals surface area contributed by atoms with E-state index in [9.17, 15) is 4.79 Å². The highest BCUT2D eigenvalue weighted by molar-refractivity contribution is 7.11. The van der Waals surface area contributed by atoms with Gasteiger partial charge in [0.25, 0.3) is 0 Å². The summed E-state index contributed by atoms with van der Waals surface area (Å²) in [5.41, 5.74) is 6.93. The van der Waals surface area contributed by atoms with Crippen LogP contribution < -0.4 is 11.1 Å². The maximum absolute atomic E-state index is 12.5. The van der Waals surface area contributed by atoms with E-state index in [4.69, 9.17) is 5.73 Å². The molecule has 2 atom stereocenters. The lowest BCUT2D eigenvalue weighted by Crippen LogP contribution is -2.49. The number of aryl methyl sites for hydroxylation is 2. The molecule has 0 aliphatic carbocycles. The number of nitrogens with two attached hydrogens (primary N) is 1. The maximum Gasteiger partial charge on any atom is 0.244 e. The first kappa shape index (κ1) is 15.7. The first-order valence-electron chi connectivity index (χ1n) is 6.91. The van der Waals surface area contributed by atoms with Gasteiger partial charge in [0.1, 0.15) is 5.54 Å². The van der Waals surface area contributed by atoms with Gasteiger partial charge in [0.05, 0.1) is 16.7 Å². The molecule has 0 bridgehead atoms. The second kappa shape index (κ2) is 5.95. The van der Waals surface area contributed by atoms with Gasteiger partial charge >= 0.3 is 0 Å². The molecule has 4 nitrogen and oxygen atoms in total. The quantitative estimate of drug-likeness (QED) is 0.912. The lowest BCUT2D eigenvalue weighted by Gasteiger charge is -2.26. The fourth-order valence-corrected chi connectivity index (χ4v) is 3.21. The van der Waals surface area contributed by atoms with E-state index in [1.165, 1.54) is 0 Å². The first-order valence-corrected chi connectivity index (χ1v) is 7.73. The van der Waals surface area contributed by atoms with E-state index in [1.807, 2.05) is 51.1 Å². The minimum absolute atomic E-state index is 0.102. The number of rotatable bonds is 4. The van der Waals surface area contributed by atoms with Gasteiger partial charge in [-0.1, -0.05) is 30.3 Å². The minimum Gasteiger partial charge on any atom is -0.347 e. The molecule has 5 heteroatoms. The van der Waals surface area contributed by atoms with Crippen molar-refractivity contribution < 1.29 is 4.79 Å². The van der Waals surface area contributed by atoms with Crippen LogP contribution in [0.2, 0.25) is 0 Å². The molecule has 0 saturated carbocycles. The molecule has 1 heterocycles. The largest absolute Gasteiger partial charge is 0.347 e. The number of nitrogens with zero attached hydrogens (tertiary/aromatic N) is 1. The molecule has 1 aromatic carbocycles. The summed E-state index contributed by atoms with van der Waals surface area (Å²) >= 11 is 1.60. The van der Waals surface area contributed by atoms with Crippen LogP contribution in [0.3, 0.4) is 0 Å². The highest BCUT2D eigenvalue weighted by Crippen LogP contribution is 2.26. The maximum atomic E-state index is 12.5. The van der Waals surface area contributed by atoms with Gasteiger partial charge in [0.2, 0.25) is 5.91 Å². The lowest BCUT2D eigenvalue weighted by molar-refractivity contribution is -0.126. The summed E-state index contributed by atoms with van der Waals surface area (Å²) in [6, 6.07) is 9.31. The lowest BCUT2D eigenvalue weighted by atomic mass is 9.92. The van der Waals surface area contributed by atoms with Gasteiger partial charge in [-0.15, -0.1) is 11.3 Å². The number of nitrogens with one attached hydrogen (secondary N) is 1. The fraction of sp³-hybridized carbons (Fsp3) is 0.375. The van der Waals surface area contributed by atoms with E-state index in [1.54, 1.807) is 18.3 Å². The van der Waals surface area contributed by atoms with Crippen LogP contribution in [0.4, 0.5) is 0 Å². The standard InChI is InChI=1S/C16H21N3OS/c1-10-14(21-12(3)18-10)11(2)19-15(20)16(4,17)13-8-6-5-7-9-13/h5-9,11H,17H2,1-4H3,(H,19,20). The predicted octanol–water partition coefficient (Wildman–Crippen LogP) is 2.81. The average molecular weight is 303 g/mol. The average Bonchev–Trinajstić information content (AvgIpc) is 2.78. The summed E-state index contributed by atoms with van der Waals surface area (Å²) in [6.07, 6.45) is 0. The van der Waals surface area contributed by atoms with Crippen LogP contribution in [0.1, 0.15) is 41.0 Å². The normalized spacial score (nSPS) is 15.3. The molecular formula is C16H21N3OS. The highest BCUT2D eigenvalue weighted by Gasteiger charge is 2.31. The summed E-state index contributed by atoms with van der Waals surface area (Å²) < 4.78 is 0. The Morgan fingerprint density at radius 1 is 1.33 bits per heavy atom. The third kappa shape index (κ3) is 3.31. The first-order chi connectivity index (χ1) is 9.82.